The number of rotatable bonds is 1. The molecule has 1 amide bonds. The van der Waals surface area contributed by atoms with Crippen LogP contribution in [0.3, 0.4) is 0 Å². The molecule has 0 saturated carbocycles. The van der Waals surface area contributed by atoms with Crippen molar-refractivity contribution < 1.29 is 19.1 Å². The number of hydrogen-bond donors (Lipinski definition) is 1. The number of carbonyl (C=O) groups excluding carboxylic acids is 2. The predicted octanol–water partition coefficient (Wildman–Crippen LogP) is 0.498. The third kappa shape index (κ3) is 2.29. The molecular weight excluding hydrogens is 236 g/mol. The van der Waals surface area contributed by atoms with E-state index in [4.69, 9.17) is 15.2 Å². The summed E-state index contributed by atoms with van der Waals surface area (Å²) in [7, 11) is 0. The Bertz CT molecular complexity index is 369. The number of amides is 1. The Morgan fingerprint density at radius 1 is 1.56 bits per heavy atom. The Hall–Kier alpha value is -1.30. The number of hydrogen-bond acceptors (Lipinski definition) is 5. The molecule has 6 heteroatoms. The summed E-state index contributed by atoms with van der Waals surface area (Å²) in [6.45, 7) is 6.74. The molecule has 2 rings (SSSR count). The highest BCUT2D eigenvalue weighted by atomic mass is 16.6. The molecule has 2 N–H and O–H groups in total. The SMILES string of the molecule is CC(C)(C)OC(=O)N1CC2(CC(=O)OC2CN)C1. The monoisotopic (exact) mass is 256 g/mol. The Morgan fingerprint density at radius 3 is 2.67 bits per heavy atom. The van der Waals surface area contributed by atoms with Crippen molar-refractivity contribution in [2.75, 3.05) is 19.6 Å². The van der Waals surface area contributed by atoms with Crippen molar-refractivity contribution in [3.8, 4) is 0 Å². The first-order valence-electron chi connectivity index (χ1n) is 6.13. The molecule has 0 bridgehead atoms. The smallest absolute Gasteiger partial charge is 0.410 e. The van der Waals surface area contributed by atoms with Crippen molar-refractivity contribution in [2.45, 2.75) is 38.9 Å². The molecule has 2 aliphatic heterocycles. The van der Waals surface area contributed by atoms with Crippen molar-refractivity contribution in [3.63, 3.8) is 0 Å². The van der Waals surface area contributed by atoms with Gasteiger partial charge in [0, 0.05) is 19.6 Å². The van der Waals surface area contributed by atoms with E-state index in [1.165, 1.54) is 0 Å². The minimum Gasteiger partial charge on any atom is -0.460 e. The van der Waals surface area contributed by atoms with Crippen molar-refractivity contribution in [1.29, 1.82) is 0 Å². The fourth-order valence-corrected chi connectivity index (χ4v) is 2.51. The molecule has 102 valence electrons. The lowest BCUT2D eigenvalue weighted by Gasteiger charge is -2.48. The molecule has 2 aliphatic rings. The maximum absolute atomic E-state index is 11.8. The van der Waals surface area contributed by atoms with Crippen LogP contribution in [-0.4, -0.2) is 48.3 Å². The van der Waals surface area contributed by atoms with E-state index in [1.54, 1.807) is 4.90 Å². The fraction of sp³-hybridized carbons (Fsp3) is 0.833. The summed E-state index contributed by atoms with van der Waals surface area (Å²) in [6.07, 6.45) is -0.277. The summed E-state index contributed by atoms with van der Waals surface area (Å²) in [5, 5.41) is 0. The second-order valence-corrected chi connectivity index (χ2v) is 6.09. The first-order chi connectivity index (χ1) is 8.26. The normalized spacial score (nSPS) is 25.9. The van der Waals surface area contributed by atoms with Gasteiger partial charge in [0.25, 0.3) is 0 Å². The zero-order chi connectivity index (χ0) is 13.6. The van der Waals surface area contributed by atoms with Gasteiger partial charge in [-0.3, -0.25) is 4.79 Å². The lowest BCUT2D eigenvalue weighted by Crippen LogP contribution is -2.63. The fourth-order valence-electron chi connectivity index (χ4n) is 2.51. The van der Waals surface area contributed by atoms with Crippen molar-refractivity contribution in [3.05, 3.63) is 0 Å². The largest absolute Gasteiger partial charge is 0.460 e. The van der Waals surface area contributed by atoms with Crippen LogP contribution < -0.4 is 5.73 Å². The van der Waals surface area contributed by atoms with Crippen LogP contribution in [0.25, 0.3) is 0 Å². The lowest BCUT2D eigenvalue weighted by molar-refractivity contribution is -0.141. The standard InChI is InChI=1S/C12H20N2O4/c1-11(2,3)18-10(16)14-6-12(7-14)4-9(15)17-8(12)5-13/h8H,4-7,13H2,1-3H3. The van der Waals surface area contributed by atoms with Crippen LogP contribution in [-0.2, 0) is 14.3 Å². The van der Waals surface area contributed by atoms with Gasteiger partial charge in [-0.25, -0.2) is 4.79 Å². The molecule has 2 fully saturated rings. The molecule has 1 unspecified atom stereocenters. The van der Waals surface area contributed by atoms with E-state index < -0.39 is 5.60 Å². The van der Waals surface area contributed by atoms with Gasteiger partial charge in [0.15, 0.2) is 0 Å². The van der Waals surface area contributed by atoms with Gasteiger partial charge < -0.3 is 20.1 Å². The average Bonchev–Trinajstić information content (AvgIpc) is 2.49. The molecule has 18 heavy (non-hydrogen) atoms. The summed E-state index contributed by atoms with van der Waals surface area (Å²) in [5.74, 6) is -0.228. The first-order valence-corrected chi connectivity index (χ1v) is 6.13. The third-order valence-electron chi connectivity index (χ3n) is 3.33. The lowest BCUT2D eigenvalue weighted by atomic mass is 9.74. The Kier molecular flexibility index (Phi) is 3.01. The molecule has 2 heterocycles. The molecular formula is C12H20N2O4. The van der Waals surface area contributed by atoms with Crippen LogP contribution in [0.4, 0.5) is 4.79 Å². The number of likely N-dealkylation sites (tertiary alicyclic amines) is 1. The number of carbonyl (C=O) groups is 2. The predicted molar refractivity (Wildman–Crippen MR) is 63.8 cm³/mol. The van der Waals surface area contributed by atoms with Crippen LogP contribution in [0.5, 0.6) is 0 Å². The summed E-state index contributed by atoms with van der Waals surface area (Å²) in [4.78, 5) is 24.7. The maximum atomic E-state index is 11.8. The highest BCUT2D eigenvalue weighted by Crippen LogP contribution is 2.43. The first kappa shape index (κ1) is 13.1. The van der Waals surface area contributed by atoms with Crippen LogP contribution in [0, 0.1) is 5.41 Å². The van der Waals surface area contributed by atoms with Gasteiger partial charge in [-0.05, 0) is 20.8 Å². The van der Waals surface area contributed by atoms with Crippen LogP contribution in [0.2, 0.25) is 0 Å². The van der Waals surface area contributed by atoms with Gasteiger partial charge in [0.1, 0.15) is 11.7 Å². The Labute approximate surface area is 106 Å². The third-order valence-corrected chi connectivity index (χ3v) is 3.33. The van der Waals surface area contributed by atoms with Gasteiger partial charge in [-0.15, -0.1) is 0 Å². The molecule has 0 aromatic heterocycles. The quantitative estimate of drug-likeness (QED) is 0.691. The molecule has 2 saturated heterocycles. The molecule has 0 radical (unpaired) electrons. The number of cyclic esters (lactones) is 1. The van der Waals surface area contributed by atoms with Gasteiger partial charge >= 0.3 is 12.1 Å². The van der Waals surface area contributed by atoms with E-state index in [1.807, 2.05) is 20.8 Å². The topological polar surface area (TPSA) is 81.9 Å². The van der Waals surface area contributed by atoms with E-state index >= 15 is 0 Å². The molecule has 0 aromatic rings. The Balaban J connectivity index is 1.93. The Morgan fingerprint density at radius 2 is 2.17 bits per heavy atom. The second-order valence-electron chi connectivity index (χ2n) is 6.09. The zero-order valence-electron chi connectivity index (χ0n) is 11.1. The van der Waals surface area contributed by atoms with Gasteiger partial charge in [-0.2, -0.15) is 0 Å². The summed E-state index contributed by atoms with van der Waals surface area (Å²) in [6, 6.07) is 0. The minimum absolute atomic E-state index is 0.228. The van der Waals surface area contributed by atoms with Gasteiger partial charge in [0.05, 0.1) is 11.8 Å². The zero-order valence-corrected chi connectivity index (χ0v) is 11.1. The maximum Gasteiger partial charge on any atom is 0.410 e. The molecule has 6 nitrogen and oxygen atoms in total. The van der Waals surface area contributed by atoms with Gasteiger partial charge in [-0.1, -0.05) is 0 Å². The molecule has 0 aliphatic carbocycles. The second kappa shape index (κ2) is 4.12. The highest BCUT2D eigenvalue weighted by molar-refractivity contribution is 5.75. The van der Waals surface area contributed by atoms with Crippen molar-refractivity contribution in [2.24, 2.45) is 11.1 Å². The summed E-state index contributed by atoms with van der Waals surface area (Å²) < 4.78 is 10.4. The van der Waals surface area contributed by atoms with Gasteiger partial charge in [0.2, 0.25) is 0 Å². The van der Waals surface area contributed by atoms with Crippen LogP contribution >= 0.6 is 0 Å². The van der Waals surface area contributed by atoms with E-state index in [0.29, 0.717) is 26.1 Å². The molecule has 1 atom stereocenters. The minimum atomic E-state index is -0.505. The van der Waals surface area contributed by atoms with E-state index in [-0.39, 0.29) is 23.6 Å². The number of esters is 1. The summed E-state index contributed by atoms with van der Waals surface area (Å²) >= 11 is 0. The molecule has 0 aromatic carbocycles. The average molecular weight is 256 g/mol. The van der Waals surface area contributed by atoms with Crippen LogP contribution in [0.15, 0.2) is 0 Å². The number of ether oxygens (including phenoxy) is 2. The number of nitrogens with two attached hydrogens (primary N) is 1. The van der Waals surface area contributed by atoms with E-state index in [2.05, 4.69) is 0 Å². The molecule has 1 spiro atoms. The van der Waals surface area contributed by atoms with Crippen molar-refractivity contribution >= 4 is 12.1 Å². The van der Waals surface area contributed by atoms with Crippen LogP contribution in [0.1, 0.15) is 27.2 Å². The summed E-state index contributed by atoms with van der Waals surface area (Å²) in [5.41, 5.74) is 4.80. The number of nitrogens with zero attached hydrogens (tertiary/aromatic N) is 1. The highest BCUT2D eigenvalue weighted by Gasteiger charge is 2.57. The van der Waals surface area contributed by atoms with E-state index in [9.17, 15) is 9.59 Å². The van der Waals surface area contributed by atoms with E-state index in [0.717, 1.165) is 0 Å². The van der Waals surface area contributed by atoms with Crippen molar-refractivity contribution in [1.82, 2.24) is 4.90 Å².